The Balaban J connectivity index is 2.02. The normalized spacial score (nSPS) is 12.3. The highest BCUT2D eigenvalue weighted by Crippen LogP contribution is 2.20. The zero-order chi connectivity index (χ0) is 17.0. The number of anilines is 1. The average molecular weight is 379 g/mol. The molecule has 0 aliphatic heterocycles. The molecule has 0 heterocycles. The highest BCUT2D eigenvalue weighted by atomic mass is 79.9. The quantitative estimate of drug-likeness (QED) is 0.838. The van der Waals surface area contributed by atoms with E-state index >= 15 is 0 Å². The van der Waals surface area contributed by atoms with Crippen molar-refractivity contribution in [1.82, 2.24) is 4.90 Å². The van der Waals surface area contributed by atoms with Gasteiger partial charge in [-0.15, -0.1) is 0 Å². The van der Waals surface area contributed by atoms with Gasteiger partial charge in [0.15, 0.2) is 0 Å². The third kappa shape index (κ3) is 4.62. The van der Waals surface area contributed by atoms with Crippen molar-refractivity contribution in [2.75, 3.05) is 12.4 Å². The van der Waals surface area contributed by atoms with Crippen molar-refractivity contribution in [3.8, 4) is 0 Å². The number of likely N-dealkylation sites (N-methyl/N-ethyl adjacent to an activating group) is 1. The van der Waals surface area contributed by atoms with E-state index in [0.29, 0.717) is 11.0 Å². The first-order valence-electron chi connectivity index (χ1n) is 7.39. The van der Waals surface area contributed by atoms with Crippen LogP contribution in [0, 0.1) is 12.7 Å². The third-order valence-electron chi connectivity index (χ3n) is 3.91. The van der Waals surface area contributed by atoms with Crippen LogP contribution in [0.1, 0.15) is 18.1 Å². The van der Waals surface area contributed by atoms with Crippen molar-refractivity contribution < 1.29 is 9.18 Å². The molecule has 0 saturated heterocycles. The van der Waals surface area contributed by atoms with E-state index in [0.717, 1.165) is 0 Å². The second-order valence-electron chi connectivity index (χ2n) is 5.63. The molecule has 1 atom stereocenters. The van der Waals surface area contributed by atoms with Crippen molar-refractivity contribution >= 4 is 27.5 Å². The minimum atomic E-state index is -0.457. The molecule has 0 aromatic heterocycles. The number of hydrogen-bond acceptors (Lipinski definition) is 2. The molecule has 0 bridgehead atoms. The van der Waals surface area contributed by atoms with Crippen LogP contribution in [-0.2, 0) is 11.3 Å². The molecule has 1 N–H and O–H groups in total. The first kappa shape index (κ1) is 17.6. The number of halogens is 2. The SMILES string of the molecule is Cc1ccccc1CN(C)C(C)C(=O)Nc1ccc(Br)cc1F. The number of rotatable bonds is 5. The Bertz CT molecular complexity index is 705. The van der Waals surface area contributed by atoms with Gasteiger partial charge in [-0.3, -0.25) is 9.69 Å². The molecule has 0 aliphatic rings. The summed E-state index contributed by atoms with van der Waals surface area (Å²) in [5, 5.41) is 2.64. The van der Waals surface area contributed by atoms with Gasteiger partial charge >= 0.3 is 0 Å². The Morgan fingerprint density at radius 1 is 1.30 bits per heavy atom. The van der Waals surface area contributed by atoms with Gasteiger partial charge in [-0.05, 0) is 50.2 Å². The van der Waals surface area contributed by atoms with E-state index in [1.165, 1.54) is 17.2 Å². The monoisotopic (exact) mass is 378 g/mol. The number of aryl methyl sites for hydroxylation is 1. The average Bonchev–Trinajstić information content (AvgIpc) is 2.51. The first-order valence-corrected chi connectivity index (χ1v) is 8.18. The fraction of sp³-hybridized carbons (Fsp3) is 0.278. The fourth-order valence-corrected chi connectivity index (χ4v) is 2.55. The molecule has 0 spiro atoms. The zero-order valence-electron chi connectivity index (χ0n) is 13.4. The van der Waals surface area contributed by atoms with Gasteiger partial charge < -0.3 is 5.32 Å². The standard InChI is InChI=1S/C18H20BrFN2O/c1-12-6-4-5-7-14(12)11-22(3)13(2)18(23)21-17-9-8-15(19)10-16(17)20/h4-10,13H,11H2,1-3H3,(H,21,23). The minimum absolute atomic E-state index is 0.189. The van der Waals surface area contributed by atoms with Gasteiger partial charge in [0.1, 0.15) is 5.82 Å². The van der Waals surface area contributed by atoms with Crippen LogP contribution in [0.25, 0.3) is 0 Å². The molecule has 1 amide bonds. The number of nitrogens with one attached hydrogen (secondary N) is 1. The predicted molar refractivity (Wildman–Crippen MR) is 94.8 cm³/mol. The summed E-state index contributed by atoms with van der Waals surface area (Å²) in [6, 6.07) is 12.3. The maximum absolute atomic E-state index is 13.8. The minimum Gasteiger partial charge on any atom is -0.322 e. The Hall–Kier alpha value is -1.72. The highest BCUT2D eigenvalue weighted by molar-refractivity contribution is 9.10. The third-order valence-corrected chi connectivity index (χ3v) is 4.40. The van der Waals surface area contributed by atoms with Crippen molar-refractivity contribution in [1.29, 1.82) is 0 Å². The number of carbonyl (C=O) groups excluding carboxylic acids is 1. The predicted octanol–water partition coefficient (Wildman–Crippen LogP) is 4.36. The maximum atomic E-state index is 13.8. The first-order chi connectivity index (χ1) is 10.9. The van der Waals surface area contributed by atoms with E-state index in [-0.39, 0.29) is 17.6 Å². The molecule has 0 aliphatic carbocycles. The Kier molecular flexibility index (Phi) is 5.91. The number of hydrogen-bond donors (Lipinski definition) is 1. The summed E-state index contributed by atoms with van der Waals surface area (Å²) < 4.78 is 14.5. The lowest BCUT2D eigenvalue weighted by Crippen LogP contribution is -2.39. The molecule has 1 unspecified atom stereocenters. The second-order valence-corrected chi connectivity index (χ2v) is 6.55. The summed E-state index contributed by atoms with van der Waals surface area (Å²) in [5.74, 6) is -0.691. The molecule has 2 aromatic rings. The van der Waals surface area contributed by atoms with E-state index in [1.807, 2.05) is 50.1 Å². The van der Waals surface area contributed by atoms with Crippen LogP contribution in [0.4, 0.5) is 10.1 Å². The number of amides is 1. The second kappa shape index (κ2) is 7.70. The molecule has 0 fully saturated rings. The Morgan fingerprint density at radius 2 is 2.00 bits per heavy atom. The van der Waals surface area contributed by atoms with Crippen LogP contribution in [0.5, 0.6) is 0 Å². The summed E-state index contributed by atoms with van der Waals surface area (Å²) >= 11 is 3.20. The lowest BCUT2D eigenvalue weighted by atomic mass is 10.1. The maximum Gasteiger partial charge on any atom is 0.241 e. The van der Waals surface area contributed by atoms with Gasteiger partial charge in [-0.1, -0.05) is 40.2 Å². The van der Waals surface area contributed by atoms with Crippen LogP contribution in [0.15, 0.2) is 46.9 Å². The Labute approximate surface area is 144 Å². The largest absolute Gasteiger partial charge is 0.322 e. The highest BCUT2D eigenvalue weighted by Gasteiger charge is 2.19. The lowest BCUT2D eigenvalue weighted by molar-refractivity contribution is -0.120. The summed E-state index contributed by atoms with van der Waals surface area (Å²) in [6.45, 7) is 4.51. The van der Waals surface area contributed by atoms with Crippen LogP contribution in [0.3, 0.4) is 0 Å². The molecule has 23 heavy (non-hydrogen) atoms. The number of nitrogens with zero attached hydrogens (tertiary/aromatic N) is 1. The molecule has 3 nitrogen and oxygen atoms in total. The fourth-order valence-electron chi connectivity index (χ4n) is 2.22. The smallest absolute Gasteiger partial charge is 0.241 e. The molecule has 0 radical (unpaired) electrons. The molecule has 122 valence electrons. The van der Waals surface area contributed by atoms with E-state index in [2.05, 4.69) is 21.2 Å². The van der Waals surface area contributed by atoms with Crippen molar-refractivity contribution in [3.05, 3.63) is 63.9 Å². The van der Waals surface area contributed by atoms with E-state index < -0.39 is 5.82 Å². The van der Waals surface area contributed by atoms with Gasteiger partial charge in [0, 0.05) is 11.0 Å². The topological polar surface area (TPSA) is 32.3 Å². The van der Waals surface area contributed by atoms with Gasteiger partial charge in [-0.2, -0.15) is 0 Å². The van der Waals surface area contributed by atoms with Crippen LogP contribution in [-0.4, -0.2) is 23.9 Å². The number of carbonyl (C=O) groups is 1. The van der Waals surface area contributed by atoms with Gasteiger partial charge in [0.25, 0.3) is 0 Å². The summed E-state index contributed by atoms with van der Waals surface area (Å²) in [6.07, 6.45) is 0. The zero-order valence-corrected chi connectivity index (χ0v) is 15.0. The number of benzene rings is 2. The molecule has 2 rings (SSSR count). The van der Waals surface area contributed by atoms with Crippen molar-refractivity contribution in [3.63, 3.8) is 0 Å². The van der Waals surface area contributed by atoms with Crippen LogP contribution >= 0.6 is 15.9 Å². The summed E-state index contributed by atoms with van der Waals surface area (Å²) in [4.78, 5) is 14.3. The molecule has 5 heteroatoms. The van der Waals surface area contributed by atoms with E-state index in [4.69, 9.17) is 0 Å². The molecular formula is C18H20BrFN2O. The molecular weight excluding hydrogens is 359 g/mol. The summed E-state index contributed by atoms with van der Waals surface area (Å²) in [7, 11) is 1.88. The van der Waals surface area contributed by atoms with Crippen LogP contribution in [0.2, 0.25) is 0 Å². The van der Waals surface area contributed by atoms with Gasteiger partial charge in [0.05, 0.1) is 11.7 Å². The van der Waals surface area contributed by atoms with Gasteiger partial charge in [-0.25, -0.2) is 4.39 Å². The Morgan fingerprint density at radius 3 is 2.65 bits per heavy atom. The lowest BCUT2D eigenvalue weighted by Gasteiger charge is -2.24. The molecule has 2 aromatic carbocycles. The van der Waals surface area contributed by atoms with Crippen molar-refractivity contribution in [2.45, 2.75) is 26.4 Å². The van der Waals surface area contributed by atoms with Crippen LogP contribution < -0.4 is 5.32 Å². The summed E-state index contributed by atoms with van der Waals surface area (Å²) in [5.41, 5.74) is 2.55. The van der Waals surface area contributed by atoms with Crippen molar-refractivity contribution in [2.24, 2.45) is 0 Å². The molecule has 0 saturated carbocycles. The van der Waals surface area contributed by atoms with E-state index in [1.54, 1.807) is 12.1 Å². The van der Waals surface area contributed by atoms with Gasteiger partial charge in [0.2, 0.25) is 5.91 Å². The van der Waals surface area contributed by atoms with E-state index in [9.17, 15) is 9.18 Å².